The molecule has 0 aromatic carbocycles. The van der Waals surface area contributed by atoms with Gasteiger partial charge in [-0.3, -0.25) is 0 Å². The number of aliphatic hydroxyl groups excluding tert-OH is 1. The molecule has 0 aromatic rings. The van der Waals surface area contributed by atoms with Gasteiger partial charge in [0.05, 0.1) is 6.10 Å². The molecule has 0 radical (unpaired) electrons. The van der Waals surface area contributed by atoms with E-state index in [0.717, 1.165) is 54.3 Å². The lowest BCUT2D eigenvalue weighted by Gasteiger charge is -2.57. The van der Waals surface area contributed by atoms with Gasteiger partial charge >= 0.3 is 0 Å². The second kappa shape index (κ2) is 7.99. The highest BCUT2D eigenvalue weighted by molar-refractivity contribution is 5.27. The molecule has 0 bridgehead atoms. The smallest absolute Gasteiger partial charge is 0.0543 e. The third-order valence-corrected chi connectivity index (χ3v) is 11.0. The van der Waals surface area contributed by atoms with Crippen LogP contribution < -0.4 is 0 Å². The van der Waals surface area contributed by atoms with Crippen molar-refractivity contribution < 1.29 is 5.11 Å². The van der Waals surface area contributed by atoms with Crippen molar-refractivity contribution in [2.45, 2.75) is 112 Å². The fourth-order valence-electron chi connectivity index (χ4n) is 8.53. The normalized spacial score (nSPS) is 46.5. The second-order valence-electron chi connectivity index (χ2n) is 12.7. The zero-order valence-electron chi connectivity index (χ0n) is 20.2. The van der Waals surface area contributed by atoms with Gasteiger partial charge in [0.1, 0.15) is 0 Å². The van der Waals surface area contributed by atoms with Crippen molar-refractivity contribution in [3.05, 3.63) is 11.6 Å². The van der Waals surface area contributed by atoms with Crippen molar-refractivity contribution in [3.8, 4) is 0 Å². The summed E-state index contributed by atoms with van der Waals surface area (Å²) in [6.07, 6.45) is 15.8. The van der Waals surface area contributed by atoms with Crippen LogP contribution in [0.1, 0.15) is 106 Å². The van der Waals surface area contributed by atoms with Crippen LogP contribution in [0.15, 0.2) is 11.6 Å². The molecule has 1 heteroatoms. The summed E-state index contributed by atoms with van der Waals surface area (Å²) in [5, 5.41) is 10.2. The van der Waals surface area contributed by atoms with E-state index < -0.39 is 0 Å². The van der Waals surface area contributed by atoms with Gasteiger partial charge in [0.15, 0.2) is 0 Å². The molecule has 9 atom stereocenters. The van der Waals surface area contributed by atoms with Crippen molar-refractivity contribution in [1.29, 1.82) is 0 Å². The number of hydrogen-bond donors (Lipinski definition) is 1. The minimum Gasteiger partial charge on any atom is -0.393 e. The highest BCUT2D eigenvalue weighted by atomic mass is 16.3. The van der Waals surface area contributed by atoms with Crippen LogP contribution in [0.5, 0.6) is 0 Å². The maximum Gasteiger partial charge on any atom is 0.0543 e. The number of aliphatic hydroxyl groups is 1. The molecule has 1 nitrogen and oxygen atoms in total. The molecule has 1 N–H and O–H groups in total. The molecule has 0 amide bonds. The maximum atomic E-state index is 10.2. The van der Waals surface area contributed by atoms with Crippen molar-refractivity contribution >= 4 is 0 Å². The largest absolute Gasteiger partial charge is 0.393 e. The van der Waals surface area contributed by atoms with E-state index >= 15 is 0 Å². The molecule has 0 spiro atoms. The summed E-state index contributed by atoms with van der Waals surface area (Å²) in [4.78, 5) is 0. The van der Waals surface area contributed by atoms with Crippen molar-refractivity contribution in [2.75, 3.05) is 0 Å². The van der Waals surface area contributed by atoms with Crippen LogP contribution in [-0.4, -0.2) is 11.2 Å². The third kappa shape index (κ3) is 3.66. The van der Waals surface area contributed by atoms with E-state index in [4.69, 9.17) is 0 Å². The lowest BCUT2D eigenvalue weighted by atomic mass is 9.47. The van der Waals surface area contributed by atoms with Crippen molar-refractivity contribution in [3.63, 3.8) is 0 Å². The summed E-state index contributed by atoms with van der Waals surface area (Å²) in [7, 11) is 0. The Balaban J connectivity index is 1.50. The molecule has 166 valence electrons. The highest BCUT2D eigenvalue weighted by Crippen LogP contribution is 2.67. The molecule has 2 unspecified atom stereocenters. The quantitative estimate of drug-likeness (QED) is 0.470. The van der Waals surface area contributed by atoms with Gasteiger partial charge in [-0.25, -0.2) is 0 Å². The van der Waals surface area contributed by atoms with E-state index in [9.17, 15) is 5.11 Å². The van der Waals surface area contributed by atoms with E-state index in [-0.39, 0.29) is 6.10 Å². The van der Waals surface area contributed by atoms with Crippen LogP contribution in [0.2, 0.25) is 0 Å². The summed E-state index contributed by atoms with van der Waals surface area (Å²) < 4.78 is 0. The molecule has 3 saturated carbocycles. The lowest BCUT2D eigenvalue weighted by molar-refractivity contribution is -0.0428. The minimum atomic E-state index is -0.0400. The maximum absolute atomic E-state index is 10.2. The first-order valence-corrected chi connectivity index (χ1v) is 13.0. The summed E-state index contributed by atoms with van der Waals surface area (Å²) in [6.45, 7) is 15.1. The van der Waals surface area contributed by atoms with Crippen LogP contribution in [0, 0.1) is 52.3 Å². The van der Waals surface area contributed by atoms with E-state index in [2.05, 4.69) is 47.6 Å². The zero-order chi connectivity index (χ0) is 21.0. The van der Waals surface area contributed by atoms with Gasteiger partial charge < -0.3 is 5.11 Å². The van der Waals surface area contributed by atoms with Gasteiger partial charge in [0.2, 0.25) is 0 Å². The first-order chi connectivity index (χ1) is 13.7. The number of rotatable bonds is 5. The van der Waals surface area contributed by atoms with Crippen LogP contribution in [0.3, 0.4) is 0 Å². The van der Waals surface area contributed by atoms with Gasteiger partial charge in [-0.05, 0) is 104 Å². The van der Waals surface area contributed by atoms with Gasteiger partial charge in [-0.2, -0.15) is 0 Å². The Morgan fingerprint density at radius 2 is 1.62 bits per heavy atom. The highest BCUT2D eigenvalue weighted by Gasteiger charge is 2.58. The summed E-state index contributed by atoms with van der Waals surface area (Å²) in [6, 6.07) is 0. The first-order valence-electron chi connectivity index (χ1n) is 13.0. The molecule has 4 aliphatic carbocycles. The molecule has 29 heavy (non-hydrogen) atoms. The number of fused-ring (bicyclic) bond motifs is 5. The molecule has 0 aromatic heterocycles. The Hall–Kier alpha value is -0.300. The fraction of sp³-hybridized carbons (Fsp3) is 0.929. The van der Waals surface area contributed by atoms with Crippen molar-refractivity contribution in [2.24, 2.45) is 52.3 Å². The Bertz CT molecular complexity index is 620. The molecule has 0 aliphatic heterocycles. The molecule has 3 fully saturated rings. The molecular formula is C28H48O. The minimum absolute atomic E-state index is 0.0400. The Kier molecular flexibility index (Phi) is 6.04. The van der Waals surface area contributed by atoms with Gasteiger partial charge in [0.25, 0.3) is 0 Å². The Morgan fingerprint density at radius 1 is 0.931 bits per heavy atom. The molecule has 4 rings (SSSR count). The monoisotopic (exact) mass is 400 g/mol. The lowest BCUT2D eigenvalue weighted by Crippen LogP contribution is -2.49. The summed E-state index contributed by atoms with van der Waals surface area (Å²) >= 11 is 0. The molecule has 4 aliphatic rings. The molecule has 0 heterocycles. The predicted molar refractivity (Wildman–Crippen MR) is 124 cm³/mol. The standard InChI is InChI=1S/C28H48O/c1-18(2)19(3)7-8-20(4)24-11-12-25-23-10-9-21-17-22(29)13-15-27(21,5)26(23)14-16-28(24,25)6/h10,18-22,24-26,29H,7-9,11-17H2,1-6H3/t19?,20-,21?,22+,24-,25+,26+,27+,28-/m1/s1. The SMILES string of the molecule is CC(C)C(C)CC[C@@H](C)[C@H]1CC[C@H]2C3=CCC4C[C@@H](O)CC[C@]4(C)[C@H]3CC[C@]12C. The van der Waals surface area contributed by atoms with E-state index in [1.807, 2.05) is 5.57 Å². The number of allylic oxidation sites excluding steroid dienone is 2. The topological polar surface area (TPSA) is 20.2 Å². The van der Waals surface area contributed by atoms with Crippen LogP contribution >= 0.6 is 0 Å². The van der Waals surface area contributed by atoms with E-state index in [0.29, 0.717) is 10.8 Å². The van der Waals surface area contributed by atoms with Crippen LogP contribution in [0.25, 0.3) is 0 Å². The van der Waals surface area contributed by atoms with Crippen molar-refractivity contribution in [1.82, 2.24) is 0 Å². The second-order valence-corrected chi connectivity index (χ2v) is 12.7. The van der Waals surface area contributed by atoms with Gasteiger partial charge in [-0.15, -0.1) is 0 Å². The summed E-state index contributed by atoms with van der Waals surface area (Å²) in [5.74, 6) is 5.85. The first kappa shape index (κ1) is 21.9. The predicted octanol–water partition coefficient (Wildman–Crippen LogP) is 7.63. The fourth-order valence-corrected chi connectivity index (χ4v) is 8.53. The average Bonchev–Trinajstić information content (AvgIpc) is 3.03. The zero-order valence-corrected chi connectivity index (χ0v) is 20.2. The Morgan fingerprint density at radius 3 is 2.34 bits per heavy atom. The summed E-state index contributed by atoms with van der Waals surface area (Å²) in [5.41, 5.74) is 2.88. The molecule has 0 saturated heterocycles. The average molecular weight is 401 g/mol. The third-order valence-electron chi connectivity index (χ3n) is 11.0. The van der Waals surface area contributed by atoms with Crippen LogP contribution in [-0.2, 0) is 0 Å². The van der Waals surface area contributed by atoms with E-state index in [1.54, 1.807) is 0 Å². The number of hydrogen-bond acceptors (Lipinski definition) is 1. The van der Waals surface area contributed by atoms with E-state index in [1.165, 1.54) is 51.4 Å². The van der Waals surface area contributed by atoms with Crippen LogP contribution in [0.4, 0.5) is 0 Å². The Labute approximate surface area is 181 Å². The van der Waals surface area contributed by atoms with Gasteiger partial charge in [-0.1, -0.05) is 66.0 Å². The molecular weight excluding hydrogens is 352 g/mol. The van der Waals surface area contributed by atoms with Gasteiger partial charge in [0, 0.05) is 0 Å².